The first-order chi connectivity index (χ1) is 15.7. The molecule has 1 aromatic heterocycles. The van der Waals surface area contributed by atoms with Crippen LogP contribution < -0.4 is 15.5 Å². The van der Waals surface area contributed by atoms with E-state index in [4.69, 9.17) is 0 Å². The van der Waals surface area contributed by atoms with Crippen molar-refractivity contribution in [2.24, 2.45) is 5.92 Å². The lowest BCUT2D eigenvalue weighted by molar-refractivity contribution is -0.120. The third-order valence-corrected chi connectivity index (χ3v) is 6.22. The van der Waals surface area contributed by atoms with Gasteiger partial charge in [-0.15, -0.1) is 0 Å². The van der Waals surface area contributed by atoms with Gasteiger partial charge in [0.05, 0.1) is 12.7 Å². The zero-order valence-electron chi connectivity index (χ0n) is 18.5. The minimum absolute atomic E-state index is 0.00763. The van der Waals surface area contributed by atoms with Crippen molar-refractivity contribution in [2.75, 3.05) is 48.3 Å². The Labute approximate surface area is 189 Å². The summed E-state index contributed by atoms with van der Waals surface area (Å²) in [4.78, 5) is 38.1. The zero-order chi connectivity index (χ0) is 22.2. The molecule has 0 spiro atoms. The van der Waals surface area contributed by atoms with Gasteiger partial charge in [0.2, 0.25) is 11.8 Å². The van der Waals surface area contributed by atoms with Crippen molar-refractivity contribution in [3.8, 4) is 0 Å². The van der Waals surface area contributed by atoms with E-state index in [1.165, 1.54) is 12.8 Å². The fourth-order valence-electron chi connectivity index (χ4n) is 4.44. The molecule has 8 nitrogen and oxygen atoms in total. The van der Waals surface area contributed by atoms with Gasteiger partial charge in [-0.2, -0.15) is 0 Å². The first-order valence-corrected chi connectivity index (χ1v) is 11.6. The second-order valence-corrected chi connectivity index (χ2v) is 8.63. The van der Waals surface area contributed by atoms with Crippen molar-refractivity contribution in [3.05, 3.63) is 42.9 Å². The van der Waals surface area contributed by atoms with E-state index in [9.17, 15) is 9.59 Å². The van der Waals surface area contributed by atoms with Crippen LogP contribution in [0.4, 0.5) is 17.2 Å². The molecule has 2 aromatic rings. The molecule has 0 unspecified atom stereocenters. The Balaban J connectivity index is 1.26. The van der Waals surface area contributed by atoms with Crippen LogP contribution in [0.5, 0.6) is 0 Å². The van der Waals surface area contributed by atoms with Crippen LogP contribution >= 0.6 is 0 Å². The average molecular weight is 437 g/mol. The summed E-state index contributed by atoms with van der Waals surface area (Å²) < 4.78 is 0. The van der Waals surface area contributed by atoms with Crippen molar-refractivity contribution in [3.63, 3.8) is 0 Å². The van der Waals surface area contributed by atoms with Crippen molar-refractivity contribution in [2.45, 2.75) is 38.5 Å². The van der Waals surface area contributed by atoms with Gasteiger partial charge in [-0.05, 0) is 57.0 Å². The van der Waals surface area contributed by atoms with Crippen LogP contribution in [-0.4, -0.2) is 59.4 Å². The van der Waals surface area contributed by atoms with Crippen LogP contribution in [0, 0.1) is 5.92 Å². The van der Waals surface area contributed by atoms with Gasteiger partial charge < -0.3 is 15.5 Å². The summed E-state index contributed by atoms with van der Waals surface area (Å²) >= 11 is 0. The fourth-order valence-corrected chi connectivity index (χ4v) is 4.44. The molecule has 32 heavy (non-hydrogen) atoms. The summed E-state index contributed by atoms with van der Waals surface area (Å²) in [7, 11) is 0. The van der Waals surface area contributed by atoms with Gasteiger partial charge in [0, 0.05) is 42.8 Å². The lowest BCUT2D eigenvalue weighted by Crippen LogP contribution is -2.38. The van der Waals surface area contributed by atoms with E-state index in [0.717, 1.165) is 57.7 Å². The number of nitrogens with one attached hydrogen (secondary N) is 2. The number of rotatable bonds is 6. The number of hydrogen-bond donors (Lipinski definition) is 2. The third-order valence-electron chi connectivity index (χ3n) is 6.22. The van der Waals surface area contributed by atoms with Crippen molar-refractivity contribution in [1.82, 2.24) is 14.9 Å². The molecule has 0 aliphatic carbocycles. The maximum absolute atomic E-state index is 12.8. The van der Waals surface area contributed by atoms with Crippen LogP contribution in [0.2, 0.25) is 0 Å². The maximum Gasteiger partial charge on any atom is 0.238 e. The van der Waals surface area contributed by atoms with Crippen molar-refractivity contribution < 1.29 is 9.59 Å². The van der Waals surface area contributed by atoms with E-state index >= 15 is 0 Å². The molecule has 170 valence electrons. The molecule has 8 heteroatoms. The zero-order valence-corrected chi connectivity index (χ0v) is 18.5. The van der Waals surface area contributed by atoms with E-state index in [2.05, 4.69) is 30.4 Å². The molecular weight excluding hydrogens is 404 g/mol. The highest BCUT2D eigenvalue weighted by atomic mass is 16.2. The second kappa shape index (κ2) is 11.0. The topological polar surface area (TPSA) is 90.5 Å². The first kappa shape index (κ1) is 22.2. The minimum atomic E-state index is -0.0378. The summed E-state index contributed by atoms with van der Waals surface area (Å²) in [5, 5.41) is 6.00. The van der Waals surface area contributed by atoms with Gasteiger partial charge in [0.15, 0.2) is 0 Å². The molecule has 4 rings (SSSR count). The third kappa shape index (κ3) is 6.26. The van der Waals surface area contributed by atoms with E-state index < -0.39 is 0 Å². The number of nitrogens with zero attached hydrogens (tertiary/aromatic N) is 4. The van der Waals surface area contributed by atoms with Gasteiger partial charge in [0.1, 0.15) is 5.82 Å². The van der Waals surface area contributed by atoms with Crippen molar-refractivity contribution in [1.29, 1.82) is 0 Å². The highest BCUT2D eigenvalue weighted by Crippen LogP contribution is 2.23. The lowest BCUT2D eigenvalue weighted by Gasteiger charge is -2.31. The van der Waals surface area contributed by atoms with Gasteiger partial charge in [-0.25, -0.2) is 4.98 Å². The molecule has 2 N–H and O–H groups in total. The Morgan fingerprint density at radius 1 is 0.938 bits per heavy atom. The Kier molecular flexibility index (Phi) is 7.66. The highest BCUT2D eigenvalue weighted by molar-refractivity contribution is 5.95. The summed E-state index contributed by atoms with van der Waals surface area (Å²) in [6.07, 6.45) is 11.5. The van der Waals surface area contributed by atoms with Gasteiger partial charge >= 0.3 is 0 Å². The van der Waals surface area contributed by atoms with Gasteiger partial charge in [-0.1, -0.05) is 18.9 Å². The number of hydrogen-bond acceptors (Lipinski definition) is 6. The Bertz CT molecular complexity index is 890. The number of carbonyl (C=O) groups excluding carboxylic acids is 2. The fraction of sp³-hybridized carbons (Fsp3) is 0.500. The predicted molar refractivity (Wildman–Crippen MR) is 126 cm³/mol. The molecule has 2 fully saturated rings. The normalized spacial score (nSPS) is 18.1. The summed E-state index contributed by atoms with van der Waals surface area (Å²) in [6.45, 7) is 3.95. The molecule has 3 heterocycles. The van der Waals surface area contributed by atoms with Gasteiger partial charge in [0.25, 0.3) is 0 Å². The second-order valence-electron chi connectivity index (χ2n) is 8.63. The van der Waals surface area contributed by atoms with E-state index in [-0.39, 0.29) is 17.7 Å². The molecular formula is C24H32N6O2. The quantitative estimate of drug-likeness (QED) is 0.723. The molecule has 0 saturated carbocycles. The van der Waals surface area contributed by atoms with E-state index in [0.29, 0.717) is 17.9 Å². The number of anilines is 3. The Hall–Kier alpha value is -3.00. The number of aromatic nitrogens is 2. The molecule has 2 aliphatic heterocycles. The average Bonchev–Trinajstić information content (AvgIpc) is 3.08. The Morgan fingerprint density at radius 3 is 2.34 bits per heavy atom. The number of benzene rings is 1. The van der Waals surface area contributed by atoms with Gasteiger partial charge in [-0.3, -0.25) is 19.5 Å². The summed E-state index contributed by atoms with van der Waals surface area (Å²) in [6, 6.07) is 7.40. The SMILES string of the molecule is O=C(CN1CCCCCC1)Nc1cccc(NC(=O)C2CCN(c3cnccn3)CC2)c1. The van der Waals surface area contributed by atoms with Crippen LogP contribution in [0.15, 0.2) is 42.9 Å². The number of piperidine rings is 1. The van der Waals surface area contributed by atoms with Crippen LogP contribution in [0.1, 0.15) is 38.5 Å². The summed E-state index contributed by atoms with van der Waals surface area (Å²) in [5.74, 6) is 0.836. The van der Waals surface area contributed by atoms with Crippen LogP contribution in [0.3, 0.4) is 0 Å². The highest BCUT2D eigenvalue weighted by Gasteiger charge is 2.25. The maximum atomic E-state index is 12.8. The number of carbonyl (C=O) groups is 2. The number of likely N-dealkylation sites (tertiary alicyclic amines) is 1. The minimum Gasteiger partial charge on any atom is -0.355 e. The van der Waals surface area contributed by atoms with Crippen LogP contribution in [0.25, 0.3) is 0 Å². The van der Waals surface area contributed by atoms with E-state index in [1.807, 2.05) is 24.3 Å². The van der Waals surface area contributed by atoms with E-state index in [1.54, 1.807) is 18.6 Å². The van der Waals surface area contributed by atoms with Crippen molar-refractivity contribution >= 4 is 29.0 Å². The molecule has 0 atom stereocenters. The molecule has 2 aliphatic rings. The Morgan fingerprint density at radius 2 is 1.66 bits per heavy atom. The molecule has 0 radical (unpaired) electrons. The standard InChI is InChI=1S/C24H32N6O2/c31-23(18-29-12-3-1-2-4-13-29)27-20-6-5-7-21(16-20)28-24(32)19-8-14-30(15-9-19)22-17-25-10-11-26-22/h5-7,10-11,16-17,19H,1-4,8-9,12-15,18H2,(H,27,31)(H,28,32). The monoisotopic (exact) mass is 436 g/mol. The van der Waals surface area contributed by atoms with Crippen LogP contribution in [-0.2, 0) is 9.59 Å². The predicted octanol–water partition coefficient (Wildman–Crippen LogP) is 3.15. The lowest BCUT2D eigenvalue weighted by atomic mass is 9.96. The number of amides is 2. The smallest absolute Gasteiger partial charge is 0.238 e. The molecule has 0 bridgehead atoms. The molecule has 2 amide bonds. The molecule has 1 aromatic carbocycles. The molecule has 2 saturated heterocycles. The largest absolute Gasteiger partial charge is 0.355 e. The summed E-state index contributed by atoms with van der Waals surface area (Å²) in [5.41, 5.74) is 1.42. The first-order valence-electron chi connectivity index (χ1n) is 11.6.